The Labute approximate surface area is 203 Å². The first kappa shape index (κ1) is 26.8. The quantitative estimate of drug-likeness (QED) is 0.391. The molecule has 3 heterocycles. The van der Waals surface area contributed by atoms with Gasteiger partial charge in [0.15, 0.2) is 0 Å². The molecule has 0 saturated carbocycles. The minimum atomic E-state index is -4.79. The fourth-order valence-electron chi connectivity index (χ4n) is 3.38. The monoisotopic (exact) mass is 527 g/mol. The first-order chi connectivity index (χ1) is 16.9. The highest BCUT2D eigenvalue weighted by atomic mass is 32.2. The maximum absolute atomic E-state index is 12.5. The van der Waals surface area contributed by atoms with Crippen molar-refractivity contribution in [2.75, 3.05) is 36.0 Å². The van der Waals surface area contributed by atoms with E-state index in [4.69, 9.17) is 10.3 Å². The second kappa shape index (κ2) is 10.9. The van der Waals surface area contributed by atoms with Gasteiger partial charge in [-0.25, -0.2) is 14.4 Å². The Hall–Kier alpha value is -3.78. The summed E-state index contributed by atoms with van der Waals surface area (Å²) in [6, 6.07) is 10.5. The van der Waals surface area contributed by atoms with Crippen molar-refractivity contribution < 1.29 is 35.3 Å². The second-order valence-corrected chi connectivity index (χ2v) is 8.96. The van der Waals surface area contributed by atoms with E-state index >= 15 is 0 Å². The van der Waals surface area contributed by atoms with E-state index in [1.807, 2.05) is 18.2 Å². The van der Waals surface area contributed by atoms with E-state index < -0.39 is 39.1 Å². The van der Waals surface area contributed by atoms with Crippen LogP contribution < -0.4 is 15.5 Å². The third-order valence-electron chi connectivity index (χ3n) is 5.15. The van der Waals surface area contributed by atoms with Gasteiger partial charge in [0.25, 0.3) is 10.1 Å². The lowest BCUT2D eigenvalue weighted by Crippen LogP contribution is -2.47. The maximum atomic E-state index is 12.5. The van der Waals surface area contributed by atoms with Crippen LogP contribution >= 0.6 is 0 Å². The molecule has 0 bridgehead atoms. The van der Waals surface area contributed by atoms with Crippen LogP contribution in [0.3, 0.4) is 0 Å². The van der Waals surface area contributed by atoms with Gasteiger partial charge in [-0.2, -0.15) is 21.6 Å². The number of rotatable bonds is 4. The van der Waals surface area contributed by atoms with Gasteiger partial charge in [-0.1, -0.05) is 6.07 Å². The number of hydrogen-bond donors (Lipinski definition) is 2. The number of carbonyl (C=O) groups excluding carboxylic acids is 1. The van der Waals surface area contributed by atoms with Gasteiger partial charge in [0, 0.05) is 32.4 Å². The second-order valence-electron chi connectivity index (χ2n) is 7.54. The smallest absolute Gasteiger partial charge is 0.366 e. The van der Waals surface area contributed by atoms with Gasteiger partial charge in [-0.3, -0.25) is 9.35 Å². The van der Waals surface area contributed by atoms with Crippen molar-refractivity contribution in [1.82, 2.24) is 9.97 Å². The largest absolute Gasteiger partial charge is 0.417 e. The van der Waals surface area contributed by atoms with E-state index in [-0.39, 0.29) is 11.0 Å². The number of piperazine rings is 1. The molecule has 0 spiro atoms. The highest BCUT2D eigenvalue weighted by molar-refractivity contribution is 7.85. The van der Waals surface area contributed by atoms with Crippen molar-refractivity contribution in [3.63, 3.8) is 0 Å². The van der Waals surface area contributed by atoms with Crippen LogP contribution in [-0.2, 0) is 16.3 Å². The molecular formula is C22H21F4N5O4S. The molecule has 9 nitrogen and oxygen atoms in total. The number of pyridine rings is 2. The van der Waals surface area contributed by atoms with Gasteiger partial charge in [0.2, 0.25) is 5.91 Å². The van der Waals surface area contributed by atoms with Gasteiger partial charge in [-0.05, 0) is 42.5 Å². The number of nitrogens with two attached hydrogens (primary N) is 1. The van der Waals surface area contributed by atoms with Crippen LogP contribution in [0.4, 0.5) is 29.2 Å². The lowest BCUT2D eigenvalue weighted by Gasteiger charge is -2.36. The summed E-state index contributed by atoms with van der Waals surface area (Å²) in [5.41, 5.74) is 2.61. The average Bonchev–Trinajstić information content (AvgIpc) is 2.84. The normalized spacial score (nSPS) is 14.1. The summed E-state index contributed by atoms with van der Waals surface area (Å²) in [5.74, 6) is -0.649. The predicted molar refractivity (Wildman–Crippen MR) is 123 cm³/mol. The van der Waals surface area contributed by atoms with Crippen LogP contribution in [0.1, 0.15) is 15.9 Å². The Kier molecular flexibility index (Phi) is 8.10. The molecule has 4 rings (SSSR count). The van der Waals surface area contributed by atoms with Crippen molar-refractivity contribution >= 4 is 27.7 Å². The Morgan fingerprint density at radius 3 is 2.00 bits per heavy atom. The Bertz CT molecular complexity index is 1300. The summed E-state index contributed by atoms with van der Waals surface area (Å²) >= 11 is 0. The zero-order valence-corrected chi connectivity index (χ0v) is 19.4. The molecule has 1 saturated heterocycles. The molecule has 0 radical (unpaired) electrons. The van der Waals surface area contributed by atoms with E-state index in [9.17, 15) is 30.8 Å². The molecule has 2 aromatic heterocycles. The predicted octanol–water partition coefficient (Wildman–Crippen LogP) is 2.99. The molecule has 192 valence electrons. The molecule has 3 aromatic rings. The molecule has 0 aliphatic carbocycles. The number of amides is 1. The van der Waals surface area contributed by atoms with Crippen molar-refractivity contribution in [2.24, 2.45) is 5.73 Å². The first-order valence-corrected chi connectivity index (χ1v) is 11.8. The van der Waals surface area contributed by atoms with Gasteiger partial charge in [0.1, 0.15) is 22.3 Å². The van der Waals surface area contributed by atoms with E-state index in [1.54, 1.807) is 12.3 Å². The molecule has 3 N–H and O–H groups in total. The topological polar surface area (TPSA) is 130 Å². The number of nitrogens with zero attached hydrogens (tertiary/aromatic N) is 4. The molecule has 0 unspecified atom stereocenters. The highest BCUT2D eigenvalue weighted by Crippen LogP contribution is 2.32. The number of alkyl halides is 3. The third kappa shape index (κ3) is 6.88. The molecular weight excluding hydrogens is 506 g/mol. The highest BCUT2D eigenvalue weighted by Gasteiger charge is 2.35. The molecule has 36 heavy (non-hydrogen) atoms. The Morgan fingerprint density at radius 1 is 0.944 bits per heavy atom. The summed E-state index contributed by atoms with van der Waals surface area (Å²) in [7, 11) is -4.19. The summed E-state index contributed by atoms with van der Waals surface area (Å²) in [5, 5.41) is 0. The molecule has 1 fully saturated rings. The number of hydrogen-bond acceptors (Lipinski definition) is 7. The number of aromatic nitrogens is 2. The molecule has 0 atom stereocenters. The van der Waals surface area contributed by atoms with E-state index in [0.717, 1.165) is 38.1 Å². The number of benzene rings is 1. The Morgan fingerprint density at radius 2 is 1.56 bits per heavy atom. The summed E-state index contributed by atoms with van der Waals surface area (Å²) in [6.45, 7) is 3.18. The van der Waals surface area contributed by atoms with Crippen molar-refractivity contribution in [3.05, 3.63) is 77.9 Å². The molecule has 14 heteroatoms. The lowest BCUT2D eigenvalue weighted by atomic mass is 10.1. The third-order valence-corrected chi connectivity index (χ3v) is 5.99. The minimum Gasteiger partial charge on any atom is -0.366 e. The van der Waals surface area contributed by atoms with E-state index in [0.29, 0.717) is 11.9 Å². The average molecular weight is 528 g/mol. The van der Waals surface area contributed by atoms with Gasteiger partial charge < -0.3 is 15.5 Å². The van der Waals surface area contributed by atoms with Crippen LogP contribution in [0.2, 0.25) is 0 Å². The number of primary amides is 1. The Balaban J connectivity index is 0.000000223. The van der Waals surface area contributed by atoms with Crippen LogP contribution in [0.5, 0.6) is 0 Å². The van der Waals surface area contributed by atoms with Crippen LogP contribution in [0.15, 0.2) is 65.8 Å². The molecule has 1 amide bonds. The minimum absolute atomic E-state index is 0.191. The number of halogens is 4. The van der Waals surface area contributed by atoms with Crippen LogP contribution in [0, 0.1) is 5.82 Å². The standard InChI is InChI=1S/C14H16N4O3S.C8H5F4NO/c19-22(20,21)12-4-5-14(16-11-12)18-9-7-17(8-10-18)13-3-1-2-6-15-13;9-4-1-2-5(7(13)14)6(3-4)8(10,11)12/h1-6,11H,7-10H2,(H,19,20,21);1-3H,(H2,13,14). The maximum Gasteiger partial charge on any atom is 0.417 e. The van der Waals surface area contributed by atoms with Crippen molar-refractivity contribution in [3.8, 4) is 0 Å². The van der Waals surface area contributed by atoms with Crippen LogP contribution in [0.25, 0.3) is 0 Å². The van der Waals surface area contributed by atoms with Crippen LogP contribution in [-0.4, -0.2) is 55.0 Å². The summed E-state index contributed by atoms with van der Waals surface area (Å²) in [6.07, 6.45) is -1.83. The molecule has 1 aliphatic rings. The number of anilines is 2. The van der Waals surface area contributed by atoms with Gasteiger partial charge in [0.05, 0.1) is 17.3 Å². The molecule has 1 aromatic carbocycles. The van der Waals surface area contributed by atoms with E-state index in [1.165, 1.54) is 12.3 Å². The zero-order valence-electron chi connectivity index (χ0n) is 18.6. The lowest BCUT2D eigenvalue weighted by molar-refractivity contribution is -0.138. The molecule has 1 aliphatic heterocycles. The fourth-order valence-corrected chi connectivity index (χ4v) is 3.81. The fraction of sp³-hybridized carbons (Fsp3) is 0.227. The SMILES string of the molecule is NC(=O)c1ccc(F)cc1C(F)(F)F.O=S(=O)(O)c1ccc(N2CCN(c3ccccn3)CC2)nc1. The van der Waals surface area contributed by atoms with Crippen molar-refractivity contribution in [1.29, 1.82) is 0 Å². The van der Waals surface area contributed by atoms with Gasteiger partial charge in [-0.15, -0.1) is 0 Å². The number of carbonyl (C=O) groups is 1. The summed E-state index contributed by atoms with van der Waals surface area (Å²) < 4.78 is 80.1. The van der Waals surface area contributed by atoms with Gasteiger partial charge >= 0.3 is 6.18 Å². The zero-order chi connectivity index (χ0) is 26.5. The van der Waals surface area contributed by atoms with E-state index in [2.05, 4.69) is 19.8 Å². The van der Waals surface area contributed by atoms with Crippen molar-refractivity contribution in [2.45, 2.75) is 11.1 Å². The first-order valence-electron chi connectivity index (χ1n) is 10.4. The summed E-state index contributed by atoms with van der Waals surface area (Å²) in [4.78, 5) is 23.1.